The Hall–Kier alpha value is -3.89. The summed E-state index contributed by atoms with van der Waals surface area (Å²) in [5.74, 6) is 1.88. The number of aromatic nitrogens is 2. The number of carbonyl (C=O) groups excluding carboxylic acids is 1. The van der Waals surface area contributed by atoms with Gasteiger partial charge in [-0.1, -0.05) is 30.3 Å². The molecule has 0 bridgehead atoms. The first-order chi connectivity index (χ1) is 17.2. The maximum absolute atomic E-state index is 12.3. The summed E-state index contributed by atoms with van der Waals surface area (Å²) in [4.78, 5) is 21.3. The van der Waals surface area contributed by atoms with Gasteiger partial charge in [0.15, 0.2) is 17.6 Å². The van der Waals surface area contributed by atoms with Crippen LogP contribution in [-0.4, -0.2) is 60.4 Å². The highest BCUT2D eigenvalue weighted by Crippen LogP contribution is 2.36. The Morgan fingerprint density at radius 2 is 1.86 bits per heavy atom. The van der Waals surface area contributed by atoms with E-state index < -0.39 is 12.2 Å². The molecule has 3 aromatic rings. The molecular weight excluding hydrogens is 452 g/mol. The minimum absolute atomic E-state index is 0.173. The van der Waals surface area contributed by atoms with Crippen LogP contribution in [0.25, 0.3) is 11.3 Å². The number of hydrogen-bond acceptors (Lipinski definition) is 9. The van der Waals surface area contributed by atoms with Gasteiger partial charge in [0.1, 0.15) is 12.2 Å². The summed E-state index contributed by atoms with van der Waals surface area (Å²) in [5, 5.41) is 6.08. The van der Waals surface area contributed by atoms with Gasteiger partial charge in [0.25, 0.3) is 0 Å². The molecule has 1 aromatic heterocycles. The van der Waals surface area contributed by atoms with Gasteiger partial charge in [-0.25, -0.2) is 14.8 Å². The van der Waals surface area contributed by atoms with Gasteiger partial charge < -0.3 is 34.3 Å². The Labute approximate surface area is 201 Å². The highest BCUT2D eigenvalue weighted by molar-refractivity contribution is 5.67. The summed E-state index contributed by atoms with van der Waals surface area (Å²) in [6, 6.07) is 17.0. The predicted molar refractivity (Wildman–Crippen MR) is 124 cm³/mol. The van der Waals surface area contributed by atoms with E-state index in [2.05, 4.69) is 20.6 Å². The molecule has 4 heterocycles. The Bertz CT molecular complexity index is 1210. The first-order valence-corrected chi connectivity index (χ1v) is 11.4. The molecule has 10 nitrogen and oxygen atoms in total. The predicted octanol–water partition coefficient (Wildman–Crippen LogP) is 2.75. The van der Waals surface area contributed by atoms with Crippen molar-refractivity contribution in [1.82, 2.24) is 15.3 Å². The fraction of sp³-hybridized carbons (Fsp3) is 0.320. The van der Waals surface area contributed by atoms with Crippen molar-refractivity contribution in [1.29, 1.82) is 0 Å². The fourth-order valence-corrected chi connectivity index (χ4v) is 4.45. The quantitative estimate of drug-likeness (QED) is 0.554. The first-order valence-electron chi connectivity index (χ1n) is 11.4. The number of carbonyl (C=O) groups is 1. The van der Waals surface area contributed by atoms with Crippen LogP contribution in [0.3, 0.4) is 0 Å². The molecule has 2 saturated heterocycles. The number of fused-ring (bicyclic) bond motifs is 2. The number of nitrogens with zero attached hydrogens (tertiary/aromatic N) is 2. The summed E-state index contributed by atoms with van der Waals surface area (Å²) in [5.41, 5.74) is 2.64. The average molecular weight is 476 g/mol. The van der Waals surface area contributed by atoms with E-state index in [1.54, 1.807) is 6.20 Å². The molecular formula is C25H24N4O6. The van der Waals surface area contributed by atoms with Crippen molar-refractivity contribution in [2.75, 3.05) is 25.3 Å². The van der Waals surface area contributed by atoms with E-state index in [9.17, 15) is 4.79 Å². The van der Waals surface area contributed by atoms with Crippen LogP contribution in [0, 0.1) is 0 Å². The number of nitrogens with one attached hydrogen (secondary N) is 2. The minimum atomic E-state index is -0.497. The molecule has 180 valence electrons. The zero-order valence-electron chi connectivity index (χ0n) is 18.8. The average Bonchev–Trinajstić information content (AvgIpc) is 3.62. The number of hydrogen-bond donors (Lipinski definition) is 2. The summed E-state index contributed by atoms with van der Waals surface area (Å²) in [6.45, 7) is 1.27. The zero-order chi connectivity index (χ0) is 23.6. The maximum atomic E-state index is 12.3. The molecule has 3 aliphatic heterocycles. The molecule has 3 aliphatic rings. The van der Waals surface area contributed by atoms with Crippen LogP contribution in [0.1, 0.15) is 5.56 Å². The molecule has 10 heteroatoms. The Balaban J connectivity index is 1.06. The molecule has 2 N–H and O–H groups in total. The van der Waals surface area contributed by atoms with Crippen LogP contribution < -0.4 is 20.1 Å². The van der Waals surface area contributed by atoms with Crippen molar-refractivity contribution < 1.29 is 28.5 Å². The van der Waals surface area contributed by atoms with Gasteiger partial charge in [0.05, 0.1) is 24.9 Å². The molecule has 0 saturated carbocycles. The third-order valence-corrected chi connectivity index (χ3v) is 6.18. The van der Waals surface area contributed by atoms with E-state index in [-0.39, 0.29) is 31.6 Å². The molecule has 4 unspecified atom stereocenters. The second kappa shape index (κ2) is 9.40. The zero-order valence-corrected chi connectivity index (χ0v) is 18.8. The number of anilines is 1. The number of ether oxygens (including phenoxy) is 5. The standard InChI is InChI=1S/C25H24N4O6/c30-25(27-11-15-4-2-1-3-5-15)35-21-13-32-22-18(12-31-23(21)22)29-24-26-9-8-17(28-24)16-6-7-19-20(10-16)34-14-33-19/h1-10,18,21-23H,11-14H2,(H,27,30)(H,26,28,29). The summed E-state index contributed by atoms with van der Waals surface area (Å²) in [6.07, 6.45) is 0.0826. The van der Waals surface area contributed by atoms with E-state index in [0.29, 0.717) is 24.8 Å². The van der Waals surface area contributed by atoms with Crippen molar-refractivity contribution >= 4 is 12.0 Å². The molecule has 0 spiro atoms. The van der Waals surface area contributed by atoms with Crippen LogP contribution in [0.15, 0.2) is 60.8 Å². The van der Waals surface area contributed by atoms with Gasteiger partial charge >= 0.3 is 6.09 Å². The van der Waals surface area contributed by atoms with Crippen LogP contribution >= 0.6 is 0 Å². The van der Waals surface area contributed by atoms with E-state index in [4.69, 9.17) is 23.7 Å². The molecule has 6 rings (SSSR count). The summed E-state index contributed by atoms with van der Waals surface area (Å²) in [7, 11) is 0. The smallest absolute Gasteiger partial charge is 0.407 e. The number of alkyl carbamates (subject to hydrolysis) is 1. The molecule has 2 aromatic carbocycles. The lowest BCUT2D eigenvalue weighted by Crippen LogP contribution is -2.39. The van der Waals surface area contributed by atoms with Crippen molar-refractivity contribution in [2.45, 2.75) is 30.9 Å². The van der Waals surface area contributed by atoms with Gasteiger partial charge in [0.2, 0.25) is 12.7 Å². The Morgan fingerprint density at radius 1 is 1.00 bits per heavy atom. The first kappa shape index (κ1) is 21.6. The summed E-state index contributed by atoms with van der Waals surface area (Å²) < 4.78 is 28.3. The largest absolute Gasteiger partial charge is 0.454 e. The Morgan fingerprint density at radius 3 is 2.77 bits per heavy atom. The molecule has 35 heavy (non-hydrogen) atoms. The van der Waals surface area contributed by atoms with Crippen LogP contribution in [0.5, 0.6) is 11.5 Å². The van der Waals surface area contributed by atoms with E-state index in [0.717, 1.165) is 22.6 Å². The van der Waals surface area contributed by atoms with E-state index in [1.165, 1.54) is 0 Å². The highest BCUT2D eigenvalue weighted by atomic mass is 16.7. The third kappa shape index (κ3) is 4.58. The topological polar surface area (TPSA) is 113 Å². The lowest BCUT2D eigenvalue weighted by molar-refractivity contribution is 0.00431. The molecule has 4 atom stereocenters. The highest BCUT2D eigenvalue weighted by Gasteiger charge is 2.49. The molecule has 2 fully saturated rings. The van der Waals surface area contributed by atoms with Gasteiger partial charge in [-0.05, 0) is 29.8 Å². The summed E-state index contributed by atoms with van der Waals surface area (Å²) >= 11 is 0. The maximum Gasteiger partial charge on any atom is 0.407 e. The number of benzene rings is 2. The van der Waals surface area contributed by atoms with E-state index in [1.807, 2.05) is 54.6 Å². The van der Waals surface area contributed by atoms with Crippen molar-refractivity contribution in [3.05, 3.63) is 66.4 Å². The third-order valence-electron chi connectivity index (χ3n) is 6.18. The van der Waals surface area contributed by atoms with Crippen molar-refractivity contribution in [2.24, 2.45) is 0 Å². The second-order valence-electron chi connectivity index (χ2n) is 8.46. The lowest BCUT2D eigenvalue weighted by Gasteiger charge is -2.18. The minimum Gasteiger partial charge on any atom is -0.454 e. The Kier molecular flexibility index (Phi) is 5.81. The van der Waals surface area contributed by atoms with E-state index >= 15 is 0 Å². The normalized spacial score (nSPS) is 24.1. The van der Waals surface area contributed by atoms with Gasteiger partial charge in [0, 0.05) is 18.3 Å². The van der Waals surface area contributed by atoms with Crippen molar-refractivity contribution in [3.63, 3.8) is 0 Å². The molecule has 1 amide bonds. The van der Waals surface area contributed by atoms with Crippen LogP contribution in [-0.2, 0) is 20.8 Å². The fourth-order valence-electron chi connectivity index (χ4n) is 4.45. The van der Waals surface area contributed by atoms with Crippen LogP contribution in [0.2, 0.25) is 0 Å². The van der Waals surface area contributed by atoms with Crippen molar-refractivity contribution in [3.8, 4) is 22.8 Å². The number of rotatable bonds is 6. The molecule has 0 aliphatic carbocycles. The van der Waals surface area contributed by atoms with Crippen LogP contribution in [0.4, 0.5) is 10.7 Å². The van der Waals surface area contributed by atoms with Gasteiger partial charge in [-0.3, -0.25) is 0 Å². The lowest BCUT2D eigenvalue weighted by atomic mass is 10.1. The molecule has 0 radical (unpaired) electrons. The van der Waals surface area contributed by atoms with Gasteiger partial charge in [-0.2, -0.15) is 0 Å². The second-order valence-corrected chi connectivity index (χ2v) is 8.46. The SMILES string of the molecule is O=C(NCc1ccccc1)OC1COC2C(Nc3nccc(-c4ccc5c(c4)OCO5)n3)COC12. The van der Waals surface area contributed by atoms with Gasteiger partial charge in [-0.15, -0.1) is 0 Å². The monoisotopic (exact) mass is 476 g/mol. The number of amides is 1.